The molecule has 6 heteroatoms. The zero-order valence-corrected chi connectivity index (χ0v) is 13.7. The van der Waals surface area contributed by atoms with Crippen LogP contribution in [0.5, 0.6) is 0 Å². The summed E-state index contributed by atoms with van der Waals surface area (Å²) in [6.45, 7) is 7.04. The van der Waals surface area contributed by atoms with Gasteiger partial charge in [-0.15, -0.1) is 0 Å². The maximum atomic E-state index is 12.5. The molecule has 0 unspecified atom stereocenters. The molecule has 5 nitrogen and oxygen atoms in total. The smallest absolute Gasteiger partial charge is 0.338 e. The summed E-state index contributed by atoms with van der Waals surface area (Å²) in [4.78, 5) is 24.3. The Kier molecular flexibility index (Phi) is 4.47. The minimum atomic E-state index is -0.641. The number of hydrogen-bond acceptors (Lipinski definition) is 3. The van der Waals surface area contributed by atoms with E-state index in [9.17, 15) is 9.59 Å². The number of ether oxygens (including phenoxy) is 1. The van der Waals surface area contributed by atoms with Gasteiger partial charge in [-0.05, 0) is 39.3 Å². The molecule has 1 aliphatic rings. The number of carbonyl (C=O) groups is 2. The van der Waals surface area contributed by atoms with Crippen LogP contribution in [0, 0.1) is 0 Å². The highest BCUT2D eigenvalue weighted by molar-refractivity contribution is 6.31. The Bertz CT molecular complexity index is 647. The van der Waals surface area contributed by atoms with Gasteiger partial charge < -0.3 is 15.4 Å². The van der Waals surface area contributed by atoms with Crippen LogP contribution in [0.4, 0.5) is 4.79 Å². The van der Waals surface area contributed by atoms with Gasteiger partial charge in [0, 0.05) is 10.7 Å². The highest BCUT2D eigenvalue weighted by Gasteiger charge is 2.34. The zero-order chi connectivity index (χ0) is 16.5. The first-order valence-corrected chi connectivity index (χ1v) is 7.33. The van der Waals surface area contributed by atoms with Gasteiger partial charge in [0.25, 0.3) is 0 Å². The SMILES string of the molecule is CC1=C(C(=O)OC(C)(C)C)[C@@H](c2ccccc2Cl)NC(=O)N1. The van der Waals surface area contributed by atoms with Crippen molar-refractivity contribution < 1.29 is 14.3 Å². The van der Waals surface area contributed by atoms with Crippen molar-refractivity contribution in [1.29, 1.82) is 0 Å². The second-order valence-corrected chi connectivity index (χ2v) is 6.50. The van der Waals surface area contributed by atoms with Crippen molar-refractivity contribution in [3.8, 4) is 0 Å². The van der Waals surface area contributed by atoms with Crippen LogP contribution in [0.3, 0.4) is 0 Å². The third-order valence-corrected chi connectivity index (χ3v) is 3.45. The lowest BCUT2D eigenvalue weighted by molar-refractivity contribution is -0.150. The highest BCUT2D eigenvalue weighted by atomic mass is 35.5. The molecule has 118 valence electrons. The highest BCUT2D eigenvalue weighted by Crippen LogP contribution is 2.32. The maximum absolute atomic E-state index is 12.5. The van der Waals surface area contributed by atoms with Crippen LogP contribution in [0.1, 0.15) is 39.3 Å². The van der Waals surface area contributed by atoms with Crippen LogP contribution in [-0.2, 0) is 9.53 Å². The molecule has 0 fully saturated rings. The molecule has 0 saturated carbocycles. The van der Waals surface area contributed by atoms with Gasteiger partial charge in [-0.3, -0.25) is 0 Å². The van der Waals surface area contributed by atoms with Crippen LogP contribution < -0.4 is 10.6 Å². The van der Waals surface area contributed by atoms with E-state index in [0.29, 0.717) is 21.9 Å². The van der Waals surface area contributed by atoms with Gasteiger partial charge in [-0.2, -0.15) is 0 Å². The molecule has 0 spiro atoms. The minimum Gasteiger partial charge on any atom is -0.456 e. The Labute approximate surface area is 134 Å². The van der Waals surface area contributed by atoms with E-state index in [1.165, 1.54) is 0 Å². The summed E-state index contributed by atoms with van der Waals surface area (Å²) < 4.78 is 5.44. The fourth-order valence-electron chi connectivity index (χ4n) is 2.24. The van der Waals surface area contributed by atoms with Gasteiger partial charge in [-0.1, -0.05) is 29.8 Å². The molecule has 1 aromatic rings. The van der Waals surface area contributed by atoms with Crippen molar-refractivity contribution in [3.63, 3.8) is 0 Å². The van der Waals surface area contributed by atoms with Crippen molar-refractivity contribution in [2.45, 2.75) is 39.3 Å². The van der Waals surface area contributed by atoms with E-state index in [0.717, 1.165) is 0 Å². The van der Waals surface area contributed by atoms with E-state index in [1.807, 2.05) is 0 Å². The molecule has 0 aromatic heterocycles. The first-order valence-electron chi connectivity index (χ1n) is 6.95. The number of esters is 1. The molecule has 2 amide bonds. The molecular formula is C16H19ClN2O3. The van der Waals surface area contributed by atoms with Gasteiger partial charge in [0.2, 0.25) is 0 Å². The van der Waals surface area contributed by atoms with E-state index in [1.54, 1.807) is 52.0 Å². The molecule has 0 radical (unpaired) electrons. The molecule has 1 aliphatic heterocycles. The molecule has 1 atom stereocenters. The third-order valence-electron chi connectivity index (χ3n) is 3.10. The number of urea groups is 1. The summed E-state index contributed by atoms with van der Waals surface area (Å²) in [5, 5.41) is 5.80. The summed E-state index contributed by atoms with van der Waals surface area (Å²) >= 11 is 6.21. The van der Waals surface area contributed by atoms with Crippen LogP contribution in [-0.4, -0.2) is 17.6 Å². The molecule has 1 heterocycles. The molecule has 0 aliphatic carbocycles. The molecule has 0 bridgehead atoms. The second kappa shape index (κ2) is 6.01. The summed E-state index contributed by atoms with van der Waals surface area (Å²) in [5.74, 6) is -0.484. The number of carbonyl (C=O) groups excluding carboxylic acids is 2. The van der Waals surface area contributed by atoms with Crippen LogP contribution >= 0.6 is 11.6 Å². The summed E-state index contributed by atoms with van der Waals surface area (Å²) in [7, 11) is 0. The number of rotatable bonds is 2. The fourth-order valence-corrected chi connectivity index (χ4v) is 2.48. The normalized spacial score (nSPS) is 18.6. The first kappa shape index (κ1) is 16.4. The molecule has 22 heavy (non-hydrogen) atoms. The quantitative estimate of drug-likeness (QED) is 0.821. The largest absolute Gasteiger partial charge is 0.456 e. The lowest BCUT2D eigenvalue weighted by atomic mass is 9.95. The topological polar surface area (TPSA) is 67.4 Å². The predicted octanol–water partition coefficient (Wildman–Crippen LogP) is 3.31. The van der Waals surface area contributed by atoms with Gasteiger partial charge in [-0.25, -0.2) is 9.59 Å². The Morgan fingerprint density at radius 1 is 1.27 bits per heavy atom. The molecule has 2 N–H and O–H groups in total. The number of amides is 2. The summed E-state index contributed by atoms with van der Waals surface area (Å²) in [6.07, 6.45) is 0. The standard InChI is InChI=1S/C16H19ClN2O3/c1-9-12(14(20)22-16(2,3)4)13(19-15(21)18-9)10-7-5-6-8-11(10)17/h5-8,13H,1-4H3,(H2,18,19,21)/t13-/m1/s1. The Hall–Kier alpha value is -2.01. The minimum absolute atomic E-state index is 0.350. The summed E-state index contributed by atoms with van der Waals surface area (Å²) in [5.41, 5.74) is 0.835. The van der Waals surface area contributed by atoms with Crippen molar-refractivity contribution in [2.24, 2.45) is 0 Å². The average molecular weight is 323 g/mol. The summed E-state index contributed by atoms with van der Waals surface area (Å²) in [6, 6.07) is 6.06. The van der Waals surface area contributed by atoms with Crippen molar-refractivity contribution in [3.05, 3.63) is 46.1 Å². The van der Waals surface area contributed by atoms with Crippen LogP contribution in [0.25, 0.3) is 0 Å². The van der Waals surface area contributed by atoms with Gasteiger partial charge >= 0.3 is 12.0 Å². The number of nitrogens with one attached hydrogen (secondary N) is 2. The molecule has 0 saturated heterocycles. The number of benzene rings is 1. The molecular weight excluding hydrogens is 304 g/mol. The van der Waals surface area contributed by atoms with Gasteiger partial charge in [0.15, 0.2) is 0 Å². The fraction of sp³-hybridized carbons (Fsp3) is 0.375. The third kappa shape index (κ3) is 3.60. The van der Waals surface area contributed by atoms with Crippen molar-refractivity contribution in [1.82, 2.24) is 10.6 Å². The second-order valence-electron chi connectivity index (χ2n) is 6.09. The van der Waals surface area contributed by atoms with Crippen LogP contribution in [0.2, 0.25) is 5.02 Å². The van der Waals surface area contributed by atoms with Crippen molar-refractivity contribution in [2.75, 3.05) is 0 Å². The van der Waals surface area contributed by atoms with E-state index in [2.05, 4.69) is 10.6 Å². The van der Waals surface area contributed by atoms with E-state index in [4.69, 9.17) is 16.3 Å². The Morgan fingerprint density at radius 3 is 2.50 bits per heavy atom. The first-order chi connectivity index (χ1) is 10.2. The van der Waals surface area contributed by atoms with Gasteiger partial charge in [0.1, 0.15) is 5.60 Å². The lowest BCUT2D eigenvalue weighted by Crippen LogP contribution is -2.46. The van der Waals surface area contributed by atoms with E-state index >= 15 is 0 Å². The number of halogens is 1. The number of hydrogen-bond donors (Lipinski definition) is 2. The zero-order valence-electron chi connectivity index (χ0n) is 13.0. The van der Waals surface area contributed by atoms with E-state index < -0.39 is 17.6 Å². The Balaban J connectivity index is 2.46. The van der Waals surface area contributed by atoms with Crippen molar-refractivity contribution >= 4 is 23.6 Å². The van der Waals surface area contributed by atoms with Crippen LogP contribution in [0.15, 0.2) is 35.5 Å². The lowest BCUT2D eigenvalue weighted by Gasteiger charge is -2.30. The van der Waals surface area contributed by atoms with Gasteiger partial charge in [0.05, 0.1) is 11.6 Å². The molecule has 1 aromatic carbocycles. The molecule has 2 rings (SSSR count). The van der Waals surface area contributed by atoms with E-state index in [-0.39, 0.29) is 6.03 Å². The monoisotopic (exact) mass is 322 g/mol. The predicted molar refractivity (Wildman–Crippen MR) is 84.4 cm³/mol. The maximum Gasteiger partial charge on any atom is 0.338 e. The Morgan fingerprint density at radius 2 is 1.91 bits per heavy atom. The average Bonchev–Trinajstić information content (AvgIpc) is 2.35. The number of allylic oxidation sites excluding steroid dienone is 1.